The Morgan fingerprint density at radius 1 is 1.25 bits per heavy atom. The number of carbonyl (C=O) groups excluding carboxylic acids is 1. The van der Waals surface area contributed by atoms with Gasteiger partial charge in [0, 0.05) is 11.6 Å². The summed E-state index contributed by atoms with van der Waals surface area (Å²) in [6, 6.07) is 4.16. The highest BCUT2D eigenvalue weighted by molar-refractivity contribution is 5.91. The lowest BCUT2D eigenvalue weighted by Crippen LogP contribution is -2.27. The van der Waals surface area contributed by atoms with E-state index in [1.165, 1.54) is 6.07 Å². The van der Waals surface area contributed by atoms with Crippen molar-refractivity contribution in [2.24, 2.45) is 0 Å². The van der Waals surface area contributed by atoms with Crippen LogP contribution in [0.1, 0.15) is 26.3 Å². The number of halogens is 3. The van der Waals surface area contributed by atoms with Gasteiger partial charge in [-0.15, -0.1) is 0 Å². The van der Waals surface area contributed by atoms with Crippen molar-refractivity contribution in [3.05, 3.63) is 29.8 Å². The molecule has 0 unspecified atom stereocenters. The zero-order valence-corrected chi connectivity index (χ0v) is 13.2. The number of anilines is 2. The van der Waals surface area contributed by atoms with Crippen molar-refractivity contribution < 1.29 is 27.2 Å². The van der Waals surface area contributed by atoms with Gasteiger partial charge in [-0.25, -0.2) is 4.79 Å². The lowest BCUT2D eigenvalue weighted by atomic mass is 10.1. The van der Waals surface area contributed by atoms with E-state index in [1.54, 1.807) is 20.8 Å². The van der Waals surface area contributed by atoms with Gasteiger partial charge >= 0.3 is 12.3 Å². The molecule has 0 atom stereocenters. The molecule has 130 valence electrons. The highest BCUT2D eigenvalue weighted by Gasteiger charge is 2.32. The third kappa shape index (κ3) is 4.40. The van der Waals surface area contributed by atoms with E-state index in [0.29, 0.717) is 0 Å². The molecule has 3 N–H and O–H groups in total. The summed E-state index contributed by atoms with van der Waals surface area (Å²) in [7, 11) is 0. The molecule has 0 spiro atoms. The molecule has 1 aromatic carbocycles. The lowest BCUT2D eigenvalue weighted by molar-refractivity contribution is -0.137. The SMILES string of the molecule is CC(C)(C)OC(=O)Nc1cc(C(F)(F)F)ccc1-c1cc(N)no1. The average Bonchev–Trinajstić information content (AvgIpc) is 2.81. The van der Waals surface area contributed by atoms with Crippen molar-refractivity contribution in [3.63, 3.8) is 0 Å². The van der Waals surface area contributed by atoms with E-state index in [-0.39, 0.29) is 22.8 Å². The van der Waals surface area contributed by atoms with Crippen LogP contribution in [0.2, 0.25) is 0 Å². The second-order valence-corrected chi connectivity index (χ2v) is 6.00. The van der Waals surface area contributed by atoms with Crippen molar-refractivity contribution in [1.29, 1.82) is 0 Å². The Morgan fingerprint density at radius 2 is 1.92 bits per heavy atom. The molecule has 1 heterocycles. The Bertz CT molecular complexity index is 748. The summed E-state index contributed by atoms with van der Waals surface area (Å²) in [6.45, 7) is 4.91. The number of ether oxygens (including phenoxy) is 1. The number of nitrogens with two attached hydrogens (primary N) is 1. The van der Waals surface area contributed by atoms with E-state index in [2.05, 4.69) is 10.5 Å². The van der Waals surface area contributed by atoms with Gasteiger partial charge in [0.1, 0.15) is 5.60 Å². The van der Waals surface area contributed by atoms with Gasteiger partial charge in [0.25, 0.3) is 0 Å². The first-order chi connectivity index (χ1) is 11.0. The molecule has 0 aliphatic heterocycles. The van der Waals surface area contributed by atoms with Gasteiger partial charge in [-0.1, -0.05) is 5.16 Å². The molecule has 1 aromatic heterocycles. The van der Waals surface area contributed by atoms with Crippen LogP contribution in [0.4, 0.5) is 29.5 Å². The molecular weight excluding hydrogens is 327 g/mol. The van der Waals surface area contributed by atoms with E-state index < -0.39 is 23.4 Å². The number of hydrogen-bond acceptors (Lipinski definition) is 5. The molecule has 0 aliphatic rings. The van der Waals surface area contributed by atoms with Gasteiger partial charge in [-0.05, 0) is 39.0 Å². The number of nitrogens with zero attached hydrogens (tertiary/aromatic N) is 1. The second-order valence-electron chi connectivity index (χ2n) is 6.00. The highest BCUT2D eigenvalue weighted by Crippen LogP contribution is 2.36. The number of aromatic nitrogens is 1. The van der Waals surface area contributed by atoms with Gasteiger partial charge < -0.3 is 15.0 Å². The topological polar surface area (TPSA) is 90.4 Å². The summed E-state index contributed by atoms with van der Waals surface area (Å²) in [6.07, 6.45) is -5.46. The number of hydrogen-bond donors (Lipinski definition) is 2. The Kier molecular flexibility index (Phi) is 4.46. The van der Waals surface area contributed by atoms with Crippen LogP contribution in [0, 0.1) is 0 Å². The zero-order chi connectivity index (χ0) is 18.1. The molecule has 1 amide bonds. The lowest BCUT2D eigenvalue weighted by Gasteiger charge is -2.20. The van der Waals surface area contributed by atoms with Gasteiger partial charge in [0.05, 0.1) is 11.3 Å². The quantitative estimate of drug-likeness (QED) is 0.849. The minimum absolute atomic E-state index is 0.0631. The van der Waals surface area contributed by atoms with Gasteiger partial charge in [-0.2, -0.15) is 13.2 Å². The summed E-state index contributed by atoms with van der Waals surface area (Å²) in [4.78, 5) is 11.9. The monoisotopic (exact) mass is 343 g/mol. The molecule has 0 saturated heterocycles. The molecule has 2 aromatic rings. The fourth-order valence-corrected chi connectivity index (χ4v) is 1.87. The first-order valence-electron chi connectivity index (χ1n) is 6.89. The number of alkyl halides is 3. The Morgan fingerprint density at radius 3 is 2.42 bits per heavy atom. The maximum atomic E-state index is 12.9. The van der Waals surface area contributed by atoms with Crippen molar-refractivity contribution >= 4 is 17.6 Å². The van der Waals surface area contributed by atoms with E-state index in [4.69, 9.17) is 15.0 Å². The highest BCUT2D eigenvalue weighted by atomic mass is 19.4. The fourth-order valence-electron chi connectivity index (χ4n) is 1.87. The molecular formula is C15H16F3N3O3. The molecule has 0 aliphatic carbocycles. The summed E-state index contributed by atoms with van der Waals surface area (Å²) < 4.78 is 48.8. The molecule has 0 saturated carbocycles. The van der Waals surface area contributed by atoms with Crippen molar-refractivity contribution in [3.8, 4) is 11.3 Å². The zero-order valence-electron chi connectivity index (χ0n) is 13.2. The number of nitrogen functional groups attached to an aromatic ring is 1. The van der Waals surface area contributed by atoms with Gasteiger partial charge in [-0.3, -0.25) is 5.32 Å². The average molecular weight is 343 g/mol. The summed E-state index contributed by atoms with van der Waals surface area (Å²) >= 11 is 0. The standard InChI is InChI=1S/C15H16F3N3O3/c1-14(2,3)23-13(22)20-10-6-8(15(16,17)18)4-5-9(10)11-7-12(19)21-24-11/h4-7H,1-3H3,(H2,19,21)(H,20,22). The number of rotatable bonds is 2. The number of benzene rings is 1. The van der Waals surface area contributed by atoms with E-state index in [0.717, 1.165) is 18.2 Å². The van der Waals surface area contributed by atoms with Gasteiger partial charge in [0.2, 0.25) is 0 Å². The van der Waals surface area contributed by atoms with Gasteiger partial charge in [0.15, 0.2) is 11.6 Å². The fraction of sp³-hybridized carbons (Fsp3) is 0.333. The normalized spacial score (nSPS) is 12.1. The van der Waals surface area contributed by atoms with Crippen LogP contribution in [0.15, 0.2) is 28.8 Å². The molecule has 6 nitrogen and oxygen atoms in total. The number of nitrogens with one attached hydrogen (secondary N) is 1. The minimum atomic E-state index is -4.57. The summed E-state index contributed by atoms with van der Waals surface area (Å²) in [5, 5.41) is 5.78. The third-order valence-corrected chi connectivity index (χ3v) is 2.78. The van der Waals surface area contributed by atoms with Crippen LogP contribution in [0.5, 0.6) is 0 Å². The molecule has 24 heavy (non-hydrogen) atoms. The predicted molar refractivity (Wildman–Crippen MR) is 81.2 cm³/mol. The van der Waals surface area contributed by atoms with Crippen LogP contribution in [-0.4, -0.2) is 16.9 Å². The summed E-state index contributed by atoms with van der Waals surface area (Å²) in [5.41, 5.74) is 3.79. The van der Waals surface area contributed by atoms with E-state index in [9.17, 15) is 18.0 Å². The smallest absolute Gasteiger partial charge is 0.416 e. The first kappa shape index (κ1) is 17.6. The molecule has 0 radical (unpaired) electrons. The Balaban J connectivity index is 2.42. The summed E-state index contributed by atoms with van der Waals surface area (Å²) in [5.74, 6) is 0.181. The molecule has 0 bridgehead atoms. The largest absolute Gasteiger partial charge is 0.444 e. The minimum Gasteiger partial charge on any atom is -0.444 e. The second kappa shape index (κ2) is 6.06. The van der Waals surface area contributed by atoms with Crippen LogP contribution in [-0.2, 0) is 10.9 Å². The maximum absolute atomic E-state index is 12.9. The van der Waals surface area contributed by atoms with Crippen molar-refractivity contribution in [2.75, 3.05) is 11.1 Å². The van der Waals surface area contributed by atoms with Crippen molar-refractivity contribution in [2.45, 2.75) is 32.5 Å². The number of amides is 1. The molecule has 2 rings (SSSR count). The molecule has 9 heteroatoms. The Hall–Kier alpha value is -2.71. The van der Waals surface area contributed by atoms with Crippen LogP contribution in [0.3, 0.4) is 0 Å². The van der Waals surface area contributed by atoms with Crippen molar-refractivity contribution in [1.82, 2.24) is 5.16 Å². The van der Waals surface area contributed by atoms with E-state index in [1.807, 2.05) is 0 Å². The molecule has 0 fully saturated rings. The Labute approximate surface area is 135 Å². The van der Waals surface area contributed by atoms with Crippen LogP contribution in [0.25, 0.3) is 11.3 Å². The maximum Gasteiger partial charge on any atom is 0.416 e. The van der Waals surface area contributed by atoms with Crippen LogP contribution < -0.4 is 11.1 Å². The van der Waals surface area contributed by atoms with Crippen LogP contribution >= 0.6 is 0 Å². The number of carbonyl (C=O) groups is 1. The first-order valence-corrected chi connectivity index (χ1v) is 6.89. The third-order valence-electron chi connectivity index (χ3n) is 2.78. The van der Waals surface area contributed by atoms with E-state index >= 15 is 0 Å². The predicted octanol–water partition coefficient (Wildman–Crippen LogP) is 4.29.